The van der Waals surface area contributed by atoms with Gasteiger partial charge in [-0.15, -0.1) is 10.2 Å². The summed E-state index contributed by atoms with van der Waals surface area (Å²) >= 11 is 0. The van der Waals surface area contributed by atoms with Gasteiger partial charge in [0.05, 0.1) is 4.90 Å². The molecule has 0 saturated heterocycles. The summed E-state index contributed by atoms with van der Waals surface area (Å²) in [6.45, 7) is 7.20. The van der Waals surface area contributed by atoms with Gasteiger partial charge in [0.15, 0.2) is 5.82 Å². The molecule has 0 atom stereocenters. The van der Waals surface area contributed by atoms with Gasteiger partial charge in [-0.3, -0.25) is 4.72 Å². The van der Waals surface area contributed by atoms with Crippen LogP contribution < -0.4 is 4.72 Å². The van der Waals surface area contributed by atoms with Crippen LogP contribution in [0.4, 0.5) is 5.69 Å². The van der Waals surface area contributed by atoms with E-state index < -0.39 is 10.0 Å². The lowest BCUT2D eigenvalue weighted by atomic mass is 9.87. The Balaban J connectivity index is 1.60. The minimum absolute atomic E-state index is 0.0275. The van der Waals surface area contributed by atoms with Crippen molar-refractivity contribution in [3.05, 3.63) is 59.9 Å². The Morgan fingerprint density at radius 1 is 0.967 bits per heavy atom. The van der Waals surface area contributed by atoms with Crippen molar-refractivity contribution in [2.24, 2.45) is 0 Å². The molecule has 0 bridgehead atoms. The van der Waals surface area contributed by atoms with Gasteiger partial charge in [-0.1, -0.05) is 51.5 Å². The zero-order valence-corrected chi connectivity index (χ0v) is 18.5. The molecule has 2 heterocycles. The Kier molecular flexibility index (Phi) is 5.40. The average molecular weight is 425 g/mol. The predicted molar refractivity (Wildman–Crippen MR) is 119 cm³/mol. The maximum absolute atomic E-state index is 12.9. The number of nitrogens with one attached hydrogen (secondary N) is 1. The number of nitrogens with zero attached hydrogens (tertiary/aromatic N) is 3. The summed E-state index contributed by atoms with van der Waals surface area (Å²) in [5.74, 6) is 1.80. The molecule has 4 rings (SSSR count). The standard InChI is InChI=1S/C23H28N4O2S/c1-23(2,3)18-11-13-20(14-12-18)30(28,29)26-19-9-7-8-17(16-19)22-25-24-21-10-5-4-6-15-27(21)22/h7-9,11-14,16,26H,4-6,10,15H2,1-3H3. The zero-order chi connectivity index (χ0) is 21.4. The number of sulfonamides is 1. The van der Waals surface area contributed by atoms with Gasteiger partial charge in [-0.05, 0) is 48.1 Å². The second kappa shape index (κ2) is 7.87. The predicted octanol–water partition coefficient (Wildman–Crippen LogP) is 4.77. The van der Waals surface area contributed by atoms with Gasteiger partial charge in [0, 0.05) is 24.2 Å². The van der Waals surface area contributed by atoms with Gasteiger partial charge in [-0.2, -0.15) is 0 Å². The largest absolute Gasteiger partial charge is 0.311 e. The highest BCUT2D eigenvalue weighted by molar-refractivity contribution is 7.92. The molecule has 0 radical (unpaired) electrons. The van der Waals surface area contributed by atoms with E-state index in [0.29, 0.717) is 5.69 Å². The van der Waals surface area contributed by atoms with Crippen LogP contribution in [0.2, 0.25) is 0 Å². The van der Waals surface area contributed by atoms with E-state index >= 15 is 0 Å². The van der Waals surface area contributed by atoms with Crippen LogP contribution in [0.5, 0.6) is 0 Å². The van der Waals surface area contributed by atoms with Crippen molar-refractivity contribution in [2.45, 2.75) is 63.3 Å². The second-order valence-electron chi connectivity index (χ2n) is 8.86. The first-order valence-corrected chi connectivity index (χ1v) is 11.9. The molecule has 0 saturated carbocycles. The molecular weight excluding hydrogens is 396 g/mol. The lowest BCUT2D eigenvalue weighted by molar-refractivity contribution is 0.587. The summed E-state index contributed by atoms with van der Waals surface area (Å²) in [7, 11) is -3.68. The summed E-state index contributed by atoms with van der Waals surface area (Å²) in [6.07, 6.45) is 4.36. The number of fused-ring (bicyclic) bond motifs is 1. The molecule has 2 aromatic carbocycles. The summed E-state index contributed by atoms with van der Waals surface area (Å²) in [5, 5.41) is 8.72. The number of anilines is 1. The van der Waals surface area contributed by atoms with Gasteiger partial charge in [0.2, 0.25) is 0 Å². The third kappa shape index (κ3) is 4.26. The van der Waals surface area contributed by atoms with E-state index in [-0.39, 0.29) is 10.3 Å². The zero-order valence-electron chi connectivity index (χ0n) is 17.7. The van der Waals surface area contributed by atoms with Crippen molar-refractivity contribution in [1.82, 2.24) is 14.8 Å². The fourth-order valence-corrected chi connectivity index (χ4v) is 4.82. The summed E-state index contributed by atoms with van der Waals surface area (Å²) < 4.78 is 30.6. The lowest BCUT2D eigenvalue weighted by Crippen LogP contribution is -2.15. The van der Waals surface area contributed by atoms with E-state index in [1.807, 2.05) is 30.3 Å². The fourth-order valence-electron chi connectivity index (χ4n) is 3.77. The van der Waals surface area contributed by atoms with Crippen LogP contribution in [0.3, 0.4) is 0 Å². The van der Waals surface area contributed by atoms with Gasteiger partial charge in [0.25, 0.3) is 10.0 Å². The normalized spacial score (nSPS) is 14.8. The topological polar surface area (TPSA) is 76.9 Å². The van der Waals surface area contributed by atoms with Crippen molar-refractivity contribution >= 4 is 15.7 Å². The first-order chi connectivity index (χ1) is 14.2. The quantitative estimate of drug-likeness (QED) is 0.654. The lowest BCUT2D eigenvalue weighted by Gasteiger charge is -2.19. The van der Waals surface area contributed by atoms with Crippen molar-refractivity contribution < 1.29 is 8.42 Å². The highest BCUT2D eigenvalue weighted by Crippen LogP contribution is 2.27. The Morgan fingerprint density at radius 3 is 2.47 bits per heavy atom. The van der Waals surface area contributed by atoms with Gasteiger partial charge < -0.3 is 4.57 Å². The summed E-state index contributed by atoms with van der Waals surface area (Å²) in [6, 6.07) is 14.4. The number of hydrogen-bond donors (Lipinski definition) is 1. The van der Waals surface area contributed by atoms with E-state index in [9.17, 15) is 8.42 Å². The van der Waals surface area contributed by atoms with Crippen LogP contribution in [0.15, 0.2) is 53.4 Å². The number of benzene rings is 2. The van der Waals surface area contributed by atoms with Crippen LogP contribution in [-0.2, 0) is 28.4 Å². The molecule has 1 aliphatic rings. The highest BCUT2D eigenvalue weighted by atomic mass is 32.2. The highest BCUT2D eigenvalue weighted by Gasteiger charge is 2.19. The van der Waals surface area contributed by atoms with Gasteiger partial charge in [-0.25, -0.2) is 8.42 Å². The third-order valence-corrected chi connectivity index (χ3v) is 6.91. The minimum atomic E-state index is -3.68. The van der Waals surface area contributed by atoms with E-state index in [0.717, 1.165) is 48.6 Å². The van der Waals surface area contributed by atoms with Crippen LogP contribution in [0.1, 0.15) is 51.4 Å². The fraction of sp³-hybridized carbons (Fsp3) is 0.391. The molecule has 0 unspecified atom stereocenters. The Bertz CT molecular complexity index is 1140. The first kappa shape index (κ1) is 20.6. The molecule has 0 spiro atoms. The summed E-state index contributed by atoms with van der Waals surface area (Å²) in [5.41, 5.74) is 2.44. The number of aryl methyl sites for hydroxylation is 1. The molecule has 0 amide bonds. The second-order valence-corrected chi connectivity index (χ2v) is 10.5. The van der Waals surface area contributed by atoms with Gasteiger partial charge in [0.1, 0.15) is 5.82 Å². The van der Waals surface area contributed by atoms with E-state index in [2.05, 4.69) is 40.3 Å². The third-order valence-electron chi connectivity index (χ3n) is 5.51. The number of rotatable bonds is 4. The molecule has 6 nitrogen and oxygen atoms in total. The first-order valence-electron chi connectivity index (χ1n) is 10.4. The number of aromatic nitrogens is 3. The van der Waals surface area contributed by atoms with Crippen molar-refractivity contribution in [1.29, 1.82) is 0 Å². The molecule has 0 fully saturated rings. The van der Waals surface area contributed by atoms with Crippen molar-refractivity contribution in [3.8, 4) is 11.4 Å². The molecule has 1 aliphatic heterocycles. The molecule has 1 N–H and O–H groups in total. The minimum Gasteiger partial charge on any atom is -0.311 e. The average Bonchev–Trinajstić information content (AvgIpc) is 2.96. The summed E-state index contributed by atoms with van der Waals surface area (Å²) in [4.78, 5) is 0.247. The van der Waals surface area contributed by atoms with E-state index in [1.165, 1.54) is 6.42 Å². The molecule has 3 aromatic rings. The Labute approximate surface area is 178 Å². The van der Waals surface area contributed by atoms with E-state index in [4.69, 9.17) is 0 Å². The molecule has 7 heteroatoms. The van der Waals surface area contributed by atoms with Crippen LogP contribution >= 0.6 is 0 Å². The molecule has 1 aromatic heterocycles. The Morgan fingerprint density at radius 2 is 1.73 bits per heavy atom. The monoisotopic (exact) mass is 424 g/mol. The van der Waals surface area contributed by atoms with E-state index in [1.54, 1.807) is 18.2 Å². The van der Waals surface area contributed by atoms with Crippen molar-refractivity contribution in [3.63, 3.8) is 0 Å². The van der Waals surface area contributed by atoms with Crippen LogP contribution in [0.25, 0.3) is 11.4 Å². The maximum atomic E-state index is 12.9. The smallest absolute Gasteiger partial charge is 0.261 e. The molecule has 158 valence electrons. The Hall–Kier alpha value is -2.67. The molecular formula is C23H28N4O2S. The maximum Gasteiger partial charge on any atom is 0.261 e. The van der Waals surface area contributed by atoms with Crippen molar-refractivity contribution in [2.75, 3.05) is 4.72 Å². The van der Waals surface area contributed by atoms with Gasteiger partial charge >= 0.3 is 0 Å². The SMILES string of the molecule is CC(C)(C)c1ccc(S(=O)(=O)Nc2cccc(-c3nnc4n3CCCCC4)c2)cc1. The number of hydrogen-bond acceptors (Lipinski definition) is 4. The van der Waals surface area contributed by atoms with Crippen LogP contribution in [0, 0.1) is 0 Å². The van der Waals surface area contributed by atoms with Crippen LogP contribution in [-0.4, -0.2) is 23.2 Å². The molecule has 0 aliphatic carbocycles. The molecule has 30 heavy (non-hydrogen) atoms.